The van der Waals surface area contributed by atoms with Crippen molar-refractivity contribution in [3.63, 3.8) is 0 Å². The summed E-state index contributed by atoms with van der Waals surface area (Å²) in [6.45, 7) is -0.245. The molecule has 96 valence electrons. The Morgan fingerprint density at radius 2 is 2.06 bits per heavy atom. The molecule has 0 saturated heterocycles. The van der Waals surface area contributed by atoms with Crippen molar-refractivity contribution in [2.45, 2.75) is 12.5 Å². The fraction of sp³-hybridized carbons (Fsp3) is 0.250. The normalized spacial score (nSPS) is 12.9. The number of benzene rings is 1. The van der Waals surface area contributed by atoms with E-state index in [9.17, 15) is 8.78 Å². The van der Waals surface area contributed by atoms with Crippen molar-refractivity contribution in [3.8, 4) is 0 Å². The molecule has 18 heavy (non-hydrogen) atoms. The monoisotopic (exact) mass is 253 g/mol. The van der Waals surface area contributed by atoms with Crippen molar-refractivity contribution < 1.29 is 13.9 Å². The van der Waals surface area contributed by atoms with E-state index in [1.54, 1.807) is 30.3 Å². The molecule has 0 saturated carbocycles. The van der Waals surface area contributed by atoms with Crippen LogP contribution in [0, 0.1) is 0 Å². The van der Waals surface area contributed by atoms with Gasteiger partial charge in [-0.1, -0.05) is 0 Å². The fourth-order valence-corrected chi connectivity index (χ4v) is 1.54. The lowest BCUT2D eigenvalue weighted by atomic mass is 10.2. The van der Waals surface area contributed by atoms with Gasteiger partial charge >= 0.3 is 0 Å². The molecule has 0 fully saturated rings. The summed E-state index contributed by atoms with van der Waals surface area (Å²) in [4.78, 5) is 4.22. The number of nitrogens with two attached hydrogens (primary N) is 1. The molecule has 1 aromatic heterocycles. The van der Waals surface area contributed by atoms with E-state index in [0.717, 1.165) is 5.39 Å². The van der Waals surface area contributed by atoms with Gasteiger partial charge in [-0.2, -0.15) is 0 Å². The zero-order chi connectivity index (χ0) is 13.1. The number of alkyl halides is 2. The van der Waals surface area contributed by atoms with Crippen LogP contribution in [0.25, 0.3) is 10.9 Å². The Morgan fingerprint density at radius 1 is 1.28 bits per heavy atom. The van der Waals surface area contributed by atoms with Crippen LogP contribution in [0.15, 0.2) is 30.3 Å². The van der Waals surface area contributed by atoms with Crippen molar-refractivity contribution in [1.82, 2.24) is 4.98 Å². The first-order valence-corrected chi connectivity index (χ1v) is 5.42. The molecule has 1 aromatic carbocycles. The van der Waals surface area contributed by atoms with E-state index in [0.29, 0.717) is 17.0 Å². The van der Waals surface area contributed by atoms with Crippen LogP contribution in [-0.4, -0.2) is 29.2 Å². The minimum absolute atomic E-state index is 0.245. The topological polar surface area (TPSA) is 71.2 Å². The summed E-state index contributed by atoms with van der Waals surface area (Å²) < 4.78 is 24.2. The summed E-state index contributed by atoms with van der Waals surface area (Å²) in [6, 6.07) is 8.68. The summed E-state index contributed by atoms with van der Waals surface area (Å²) in [5.41, 5.74) is 6.98. The summed E-state index contributed by atoms with van der Waals surface area (Å²) in [6.07, 6.45) is -4.47. The van der Waals surface area contributed by atoms with Crippen LogP contribution in [0.1, 0.15) is 0 Å². The highest BCUT2D eigenvalue weighted by Gasteiger charge is 2.16. The van der Waals surface area contributed by atoms with Crippen LogP contribution >= 0.6 is 0 Å². The van der Waals surface area contributed by atoms with Crippen molar-refractivity contribution in [1.29, 1.82) is 0 Å². The number of fused-ring (bicyclic) bond motifs is 1. The van der Waals surface area contributed by atoms with E-state index in [-0.39, 0.29) is 6.54 Å². The van der Waals surface area contributed by atoms with Crippen LogP contribution in [0.3, 0.4) is 0 Å². The lowest BCUT2D eigenvalue weighted by Gasteiger charge is -2.11. The van der Waals surface area contributed by atoms with Gasteiger partial charge in [0.2, 0.25) is 0 Å². The Kier molecular flexibility index (Phi) is 3.57. The third kappa shape index (κ3) is 2.84. The van der Waals surface area contributed by atoms with Gasteiger partial charge in [-0.05, 0) is 30.3 Å². The third-order valence-corrected chi connectivity index (χ3v) is 2.50. The van der Waals surface area contributed by atoms with Crippen molar-refractivity contribution in [2.75, 3.05) is 17.6 Å². The molecule has 1 heterocycles. The number of nitrogens with zero attached hydrogens (tertiary/aromatic N) is 1. The number of aromatic nitrogens is 1. The SMILES string of the molecule is Nc1ccc2nc(NCC(O)C(F)F)ccc2c1. The lowest BCUT2D eigenvalue weighted by molar-refractivity contribution is 0.00381. The number of aliphatic hydroxyl groups excluding tert-OH is 1. The number of nitrogens with one attached hydrogen (secondary N) is 1. The number of halogens is 2. The minimum atomic E-state index is -2.77. The lowest BCUT2D eigenvalue weighted by Crippen LogP contribution is -2.27. The molecule has 0 spiro atoms. The van der Waals surface area contributed by atoms with Crippen LogP contribution in [0.5, 0.6) is 0 Å². The maximum absolute atomic E-state index is 12.1. The molecule has 4 N–H and O–H groups in total. The van der Waals surface area contributed by atoms with E-state index in [1.807, 2.05) is 0 Å². The van der Waals surface area contributed by atoms with Gasteiger partial charge in [0, 0.05) is 17.6 Å². The Morgan fingerprint density at radius 3 is 2.78 bits per heavy atom. The van der Waals surface area contributed by atoms with Crippen LogP contribution < -0.4 is 11.1 Å². The first-order chi connectivity index (χ1) is 8.56. The molecular weight excluding hydrogens is 240 g/mol. The van der Waals surface area contributed by atoms with Gasteiger partial charge in [0.1, 0.15) is 11.9 Å². The van der Waals surface area contributed by atoms with Gasteiger partial charge in [0.25, 0.3) is 6.43 Å². The molecule has 0 radical (unpaired) electrons. The number of hydrogen-bond donors (Lipinski definition) is 3. The second-order valence-electron chi connectivity index (χ2n) is 3.93. The highest BCUT2D eigenvalue weighted by molar-refractivity contribution is 5.83. The Hall–Kier alpha value is -1.95. The maximum atomic E-state index is 12.1. The standard InChI is InChI=1S/C12H13F2N3O/c13-12(14)10(18)6-16-11-4-1-7-5-8(15)2-3-9(7)17-11/h1-5,10,12,18H,6,15H2,(H,16,17). The average Bonchev–Trinajstić information content (AvgIpc) is 2.35. The van der Waals surface area contributed by atoms with E-state index < -0.39 is 12.5 Å². The van der Waals surface area contributed by atoms with Crippen LogP contribution in [0.4, 0.5) is 20.3 Å². The van der Waals surface area contributed by atoms with E-state index in [4.69, 9.17) is 10.8 Å². The van der Waals surface area contributed by atoms with Crippen molar-refractivity contribution >= 4 is 22.4 Å². The van der Waals surface area contributed by atoms with Crippen LogP contribution in [0.2, 0.25) is 0 Å². The predicted molar refractivity (Wildman–Crippen MR) is 66.7 cm³/mol. The quantitative estimate of drug-likeness (QED) is 0.727. The van der Waals surface area contributed by atoms with E-state index in [1.165, 1.54) is 0 Å². The van der Waals surface area contributed by atoms with Crippen molar-refractivity contribution in [2.24, 2.45) is 0 Å². The number of aliphatic hydroxyl groups is 1. The number of anilines is 2. The second kappa shape index (κ2) is 5.14. The number of pyridine rings is 1. The molecule has 1 atom stereocenters. The second-order valence-corrected chi connectivity index (χ2v) is 3.93. The third-order valence-electron chi connectivity index (χ3n) is 2.50. The smallest absolute Gasteiger partial charge is 0.265 e. The molecule has 4 nitrogen and oxygen atoms in total. The summed E-state index contributed by atoms with van der Waals surface area (Å²) in [5.74, 6) is 0.437. The van der Waals surface area contributed by atoms with Gasteiger partial charge in [-0.15, -0.1) is 0 Å². The summed E-state index contributed by atoms with van der Waals surface area (Å²) in [5, 5.41) is 12.5. The molecule has 1 unspecified atom stereocenters. The number of hydrogen-bond acceptors (Lipinski definition) is 4. The predicted octanol–water partition coefficient (Wildman–Crippen LogP) is 1.85. The Balaban J connectivity index is 2.13. The molecule has 0 aliphatic carbocycles. The first-order valence-electron chi connectivity index (χ1n) is 5.42. The van der Waals surface area contributed by atoms with Crippen LogP contribution in [-0.2, 0) is 0 Å². The molecule has 6 heteroatoms. The van der Waals surface area contributed by atoms with Gasteiger partial charge in [0.15, 0.2) is 0 Å². The van der Waals surface area contributed by atoms with Gasteiger partial charge in [-0.25, -0.2) is 13.8 Å². The minimum Gasteiger partial charge on any atom is -0.399 e. The molecular formula is C12H13F2N3O. The average molecular weight is 253 g/mol. The van der Waals surface area contributed by atoms with E-state index in [2.05, 4.69) is 10.3 Å². The number of rotatable bonds is 4. The van der Waals surface area contributed by atoms with Crippen molar-refractivity contribution in [3.05, 3.63) is 30.3 Å². The molecule has 0 aliphatic heterocycles. The molecule has 0 bridgehead atoms. The zero-order valence-corrected chi connectivity index (χ0v) is 9.48. The first kappa shape index (κ1) is 12.5. The summed E-state index contributed by atoms with van der Waals surface area (Å²) >= 11 is 0. The van der Waals surface area contributed by atoms with Gasteiger partial charge < -0.3 is 16.2 Å². The molecule has 2 rings (SSSR count). The molecule has 0 aliphatic rings. The van der Waals surface area contributed by atoms with E-state index >= 15 is 0 Å². The highest BCUT2D eigenvalue weighted by atomic mass is 19.3. The van der Waals surface area contributed by atoms with Gasteiger partial charge in [0.05, 0.1) is 5.52 Å². The van der Waals surface area contributed by atoms with Gasteiger partial charge in [-0.3, -0.25) is 0 Å². The molecule has 2 aromatic rings. The fourth-order valence-electron chi connectivity index (χ4n) is 1.54. The molecule has 0 amide bonds. The number of nitrogen functional groups attached to an aromatic ring is 1. The summed E-state index contributed by atoms with van der Waals surface area (Å²) in [7, 11) is 0. The Labute approximate surface area is 102 Å². The highest BCUT2D eigenvalue weighted by Crippen LogP contribution is 2.18. The Bertz CT molecular complexity index is 548. The zero-order valence-electron chi connectivity index (χ0n) is 9.48. The maximum Gasteiger partial charge on any atom is 0.265 e. The largest absolute Gasteiger partial charge is 0.399 e.